The second kappa shape index (κ2) is 3.17. The van der Waals surface area contributed by atoms with E-state index in [2.05, 4.69) is 44.5 Å². The number of aryl methyl sites for hydroxylation is 1. The van der Waals surface area contributed by atoms with Crippen molar-refractivity contribution >= 4 is 0 Å². The molecule has 2 rings (SSSR count). The maximum atomic E-state index is 3.62. The summed E-state index contributed by atoms with van der Waals surface area (Å²) in [4.78, 5) is 0. The van der Waals surface area contributed by atoms with E-state index in [1.807, 2.05) is 0 Å². The Hall–Kier alpha value is -0.780. The predicted octanol–water partition coefficient (Wildman–Crippen LogP) is 3.48. The fourth-order valence-electron chi connectivity index (χ4n) is 1.92. The summed E-state index contributed by atoms with van der Waals surface area (Å²) < 4.78 is 0. The molecule has 0 aromatic heterocycles. The first-order valence-corrected chi connectivity index (χ1v) is 5.10. The molecule has 0 heteroatoms. The van der Waals surface area contributed by atoms with E-state index in [1.165, 1.54) is 30.4 Å². The predicted molar refractivity (Wildman–Crippen MR) is 55.5 cm³/mol. The monoisotopic (exact) mass is 172 g/mol. The molecule has 0 bridgehead atoms. The molecule has 1 unspecified atom stereocenters. The molecule has 68 valence electrons. The van der Waals surface area contributed by atoms with Gasteiger partial charge in [0.15, 0.2) is 0 Å². The molecule has 0 heterocycles. The van der Waals surface area contributed by atoms with Crippen molar-refractivity contribution < 1.29 is 0 Å². The molecule has 0 nitrogen and oxygen atoms in total. The van der Waals surface area contributed by atoms with Crippen LogP contribution >= 0.6 is 0 Å². The van der Waals surface area contributed by atoms with E-state index in [0.29, 0.717) is 5.41 Å². The molecule has 1 aliphatic carbocycles. The van der Waals surface area contributed by atoms with Gasteiger partial charge in [-0.1, -0.05) is 38.1 Å². The van der Waals surface area contributed by atoms with E-state index in [-0.39, 0.29) is 0 Å². The van der Waals surface area contributed by atoms with Crippen molar-refractivity contribution in [3.8, 4) is 0 Å². The van der Waals surface area contributed by atoms with E-state index < -0.39 is 0 Å². The highest BCUT2D eigenvalue weighted by Gasteiger charge is 2.28. The van der Waals surface area contributed by atoms with Crippen LogP contribution in [0.3, 0.4) is 0 Å². The van der Waals surface area contributed by atoms with E-state index in [0.717, 1.165) is 0 Å². The standard InChI is InChI=1S/C13H16/c1-3-13(2)9-8-11-6-4-5-7-12(11)10-13/h4-7H,3,8-9H2,1-2H3. The Kier molecular flexibility index (Phi) is 2.15. The zero-order valence-electron chi connectivity index (χ0n) is 8.43. The van der Waals surface area contributed by atoms with Crippen LogP contribution in [0.1, 0.15) is 37.8 Å². The number of hydrogen-bond donors (Lipinski definition) is 0. The lowest BCUT2D eigenvalue weighted by Gasteiger charge is -2.33. The topological polar surface area (TPSA) is 0 Å². The maximum absolute atomic E-state index is 3.62. The number of rotatable bonds is 1. The van der Waals surface area contributed by atoms with Gasteiger partial charge in [0.05, 0.1) is 0 Å². The Morgan fingerprint density at radius 3 is 2.92 bits per heavy atom. The zero-order valence-corrected chi connectivity index (χ0v) is 8.43. The third kappa shape index (κ3) is 1.63. The quantitative estimate of drug-likeness (QED) is 0.608. The van der Waals surface area contributed by atoms with Crippen molar-refractivity contribution in [3.63, 3.8) is 0 Å². The van der Waals surface area contributed by atoms with Gasteiger partial charge in [0.25, 0.3) is 0 Å². The van der Waals surface area contributed by atoms with Crippen molar-refractivity contribution in [2.75, 3.05) is 0 Å². The van der Waals surface area contributed by atoms with Gasteiger partial charge in [0.1, 0.15) is 0 Å². The second-order valence-electron chi connectivity index (χ2n) is 4.20. The van der Waals surface area contributed by atoms with Gasteiger partial charge in [-0.15, -0.1) is 0 Å². The zero-order chi connectivity index (χ0) is 9.31. The van der Waals surface area contributed by atoms with Crippen LogP contribution in [0.2, 0.25) is 0 Å². The van der Waals surface area contributed by atoms with Crippen LogP contribution < -0.4 is 0 Å². The van der Waals surface area contributed by atoms with Crippen molar-refractivity contribution in [2.45, 2.75) is 33.1 Å². The lowest BCUT2D eigenvalue weighted by Crippen LogP contribution is -2.22. The van der Waals surface area contributed by atoms with Gasteiger partial charge in [-0.3, -0.25) is 0 Å². The maximum Gasteiger partial charge on any atom is 0.0232 e. The van der Waals surface area contributed by atoms with Crippen LogP contribution in [-0.4, -0.2) is 0 Å². The van der Waals surface area contributed by atoms with Crippen molar-refractivity contribution in [3.05, 3.63) is 41.8 Å². The third-order valence-corrected chi connectivity index (χ3v) is 3.18. The molecule has 0 saturated heterocycles. The normalized spacial score (nSPS) is 26.9. The lowest BCUT2D eigenvalue weighted by molar-refractivity contribution is 0.338. The third-order valence-electron chi connectivity index (χ3n) is 3.18. The molecule has 0 saturated carbocycles. The second-order valence-corrected chi connectivity index (χ2v) is 4.20. The highest BCUT2D eigenvalue weighted by Crippen LogP contribution is 2.39. The van der Waals surface area contributed by atoms with Crippen molar-refractivity contribution in [2.24, 2.45) is 5.41 Å². The Morgan fingerprint density at radius 1 is 1.38 bits per heavy atom. The fraction of sp³-hybridized carbons (Fsp3) is 0.462. The molecule has 0 fully saturated rings. The van der Waals surface area contributed by atoms with Gasteiger partial charge in [-0.25, -0.2) is 0 Å². The molecule has 0 N–H and O–H groups in total. The minimum atomic E-state index is 0.314. The summed E-state index contributed by atoms with van der Waals surface area (Å²) in [6, 6.07) is 8.63. The number of benzene rings is 1. The van der Waals surface area contributed by atoms with E-state index >= 15 is 0 Å². The molecule has 1 aromatic rings. The van der Waals surface area contributed by atoms with Gasteiger partial charge in [0.2, 0.25) is 0 Å². The number of fused-ring (bicyclic) bond motifs is 1. The summed E-state index contributed by atoms with van der Waals surface area (Å²) in [5.41, 5.74) is 3.11. The lowest BCUT2D eigenvalue weighted by atomic mass is 9.71. The summed E-state index contributed by atoms with van der Waals surface area (Å²) in [6.45, 7) is 4.56. The van der Waals surface area contributed by atoms with Gasteiger partial charge in [-0.05, 0) is 35.8 Å². The van der Waals surface area contributed by atoms with Crippen LogP contribution in [0.15, 0.2) is 24.3 Å². The van der Waals surface area contributed by atoms with Crippen LogP contribution in [0, 0.1) is 11.8 Å². The van der Waals surface area contributed by atoms with Gasteiger partial charge < -0.3 is 0 Å². The van der Waals surface area contributed by atoms with Gasteiger partial charge in [-0.2, -0.15) is 0 Å². The first kappa shape index (κ1) is 8.80. The molecule has 2 radical (unpaired) electrons. The van der Waals surface area contributed by atoms with Crippen LogP contribution in [0.4, 0.5) is 0 Å². The summed E-state index contributed by atoms with van der Waals surface area (Å²) in [7, 11) is 0. The molecule has 1 aromatic carbocycles. The minimum Gasteiger partial charge on any atom is -0.0648 e. The molecule has 0 amide bonds. The highest BCUT2D eigenvalue weighted by molar-refractivity contribution is 5.37. The molecule has 1 atom stereocenters. The van der Waals surface area contributed by atoms with Crippen molar-refractivity contribution in [1.29, 1.82) is 0 Å². The fourth-order valence-corrected chi connectivity index (χ4v) is 1.92. The first-order valence-electron chi connectivity index (χ1n) is 5.10. The Morgan fingerprint density at radius 2 is 2.15 bits per heavy atom. The van der Waals surface area contributed by atoms with Crippen molar-refractivity contribution in [1.82, 2.24) is 0 Å². The summed E-state index contributed by atoms with van der Waals surface area (Å²) >= 11 is 0. The van der Waals surface area contributed by atoms with E-state index in [9.17, 15) is 0 Å². The van der Waals surface area contributed by atoms with Crippen LogP contribution in [-0.2, 0) is 6.42 Å². The SMILES string of the molecule is CCC1(C)[C]c2ccccc2CC1. The van der Waals surface area contributed by atoms with Crippen LogP contribution in [0.5, 0.6) is 0 Å². The molecule has 0 spiro atoms. The minimum absolute atomic E-state index is 0.314. The largest absolute Gasteiger partial charge is 0.0648 e. The van der Waals surface area contributed by atoms with Gasteiger partial charge >= 0.3 is 0 Å². The van der Waals surface area contributed by atoms with E-state index in [4.69, 9.17) is 0 Å². The van der Waals surface area contributed by atoms with E-state index in [1.54, 1.807) is 0 Å². The molecule has 13 heavy (non-hydrogen) atoms. The average Bonchev–Trinajstić information content (AvgIpc) is 2.18. The Balaban J connectivity index is 2.29. The molecule has 1 aliphatic rings. The Labute approximate surface area is 81.0 Å². The van der Waals surface area contributed by atoms with Crippen LogP contribution in [0.25, 0.3) is 0 Å². The average molecular weight is 172 g/mol. The first-order chi connectivity index (χ1) is 6.23. The highest BCUT2D eigenvalue weighted by atomic mass is 14.3. The summed E-state index contributed by atoms with van der Waals surface area (Å²) in [5, 5.41) is 0. The Bertz CT molecular complexity index is 301. The molecular formula is C13H16. The number of hydrogen-bond acceptors (Lipinski definition) is 0. The summed E-state index contributed by atoms with van der Waals surface area (Å²) in [5.74, 6) is 0. The summed E-state index contributed by atoms with van der Waals surface area (Å²) in [6.07, 6.45) is 7.29. The molecular weight excluding hydrogens is 156 g/mol. The van der Waals surface area contributed by atoms with Gasteiger partial charge in [0, 0.05) is 6.42 Å². The smallest absolute Gasteiger partial charge is 0.0232 e. The molecule has 0 aliphatic heterocycles.